The molecule has 10 aliphatic carbocycles. The van der Waals surface area contributed by atoms with Crippen molar-refractivity contribution in [2.45, 2.75) is 393 Å². The van der Waals surface area contributed by atoms with E-state index in [-0.39, 0.29) is 0 Å². The second kappa shape index (κ2) is 34.3. The molecule has 82 heavy (non-hydrogen) atoms. The molecular formula is C82H162. The largest absolute Gasteiger partial charge is 0.0651 e. The van der Waals surface area contributed by atoms with E-state index in [1.54, 1.807) is 0 Å². The van der Waals surface area contributed by atoms with Gasteiger partial charge in [-0.25, -0.2) is 0 Å². The van der Waals surface area contributed by atoms with Crippen LogP contribution in [-0.4, -0.2) is 0 Å². The topological polar surface area (TPSA) is 0 Å². The normalized spacial score (nSPS) is 34.5. The zero-order valence-corrected chi connectivity index (χ0v) is 62.9. The molecule has 0 aromatic carbocycles. The summed E-state index contributed by atoms with van der Waals surface area (Å²) in [5.74, 6) is 15.0. The second-order valence-corrected chi connectivity index (χ2v) is 38.8. The van der Waals surface area contributed by atoms with Gasteiger partial charge in [0.15, 0.2) is 0 Å². The highest BCUT2D eigenvalue weighted by Crippen LogP contribution is 2.57. The smallest absolute Gasteiger partial charge is 0.0297 e. The van der Waals surface area contributed by atoms with Crippen molar-refractivity contribution in [1.29, 1.82) is 0 Å². The summed E-state index contributed by atoms with van der Waals surface area (Å²) >= 11 is 0. The Morgan fingerprint density at radius 1 is 0.402 bits per heavy atom. The summed E-state index contributed by atoms with van der Waals surface area (Å²) in [5, 5.41) is 0. The molecule has 0 nitrogen and oxygen atoms in total. The van der Waals surface area contributed by atoms with E-state index in [1.165, 1.54) is 193 Å². The molecule has 10 fully saturated rings. The van der Waals surface area contributed by atoms with Crippen LogP contribution in [0, 0.1) is 132 Å². The fourth-order valence-electron chi connectivity index (χ4n) is 17.9. The summed E-state index contributed by atoms with van der Waals surface area (Å²) in [6.07, 6.45) is 43.8. The highest BCUT2D eigenvalue weighted by molar-refractivity contribution is 4.97. The van der Waals surface area contributed by atoms with E-state index in [1.807, 2.05) is 0 Å². The molecule has 10 aliphatic rings. The Labute approximate surface area is 522 Å². The van der Waals surface area contributed by atoms with Crippen molar-refractivity contribution in [3.05, 3.63) is 0 Å². The molecule has 7 atom stereocenters. The standard InChI is InChI=1S/2C11H22.C9H16.3C9H18.3C8H16/c1-9-6-10(2,3)8-11(4,5)7-9;1-9-10(2,3)7-6-8-11(9,4)5;1-7-5-8-3-4-9(7,2)6-8;1-8-4-6-9(2,3)7-5-8;1-8-6-4-5-7-9(8,2)3;1-7-5-4-6-8(2)9(7)3;1-6(2)8-4-7(3)5-8;1-8(2,3)7-5-4-6-7;1-3-7(2)8-5-4-6-8/h2*9H,6-8H2,1-5H3;7-8H,3-6H2,1-2H3;2*8H,4-7H2,1-3H3;7-9H,4-6H2,1-3H3;6-8H,4-5H2,1-3H3;7H,4-6H2,1-3H3;7-8H,3-6H2,1-2H3/t;;7-,8?,9?;;8-;;;;/m..0.1..../s1. The maximum absolute atomic E-state index is 2.48. The summed E-state index contributed by atoms with van der Waals surface area (Å²) < 4.78 is 0. The maximum Gasteiger partial charge on any atom is -0.0297 e. The highest BCUT2D eigenvalue weighted by Gasteiger charge is 2.46. The molecule has 0 heteroatoms. The van der Waals surface area contributed by atoms with Crippen LogP contribution in [0.4, 0.5) is 0 Å². The van der Waals surface area contributed by atoms with Crippen molar-refractivity contribution in [3.8, 4) is 0 Å². The zero-order valence-electron chi connectivity index (χ0n) is 62.9. The first-order valence-corrected chi connectivity index (χ1v) is 37.5. The lowest BCUT2D eigenvalue weighted by Crippen LogP contribution is -2.38. The van der Waals surface area contributed by atoms with E-state index in [9.17, 15) is 0 Å². The minimum Gasteiger partial charge on any atom is -0.0651 e. The van der Waals surface area contributed by atoms with Crippen molar-refractivity contribution in [2.75, 3.05) is 0 Å². The van der Waals surface area contributed by atoms with Gasteiger partial charge in [0.25, 0.3) is 0 Å². The van der Waals surface area contributed by atoms with E-state index in [2.05, 4.69) is 201 Å². The number of fused-ring (bicyclic) bond motifs is 2. The molecule has 0 aliphatic heterocycles. The molecule has 5 unspecified atom stereocenters. The molecule has 0 saturated heterocycles. The van der Waals surface area contributed by atoms with Gasteiger partial charge in [-0.1, -0.05) is 291 Å². The van der Waals surface area contributed by atoms with Crippen molar-refractivity contribution < 1.29 is 0 Å². The molecule has 0 heterocycles. The van der Waals surface area contributed by atoms with E-state index in [4.69, 9.17) is 0 Å². The predicted octanol–water partition coefficient (Wildman–Crippen LogP) is 28.4. The van der Waals surface area contributed by atoms with Crippen LogP contribution in [0.3, 0.4) is 0 Å². The Bertz CT molecular complexity index is 1600. The van der Waals surface area contributed by atoms with Crippen molar-refractivity contribution in [1.82, 2.24) is 0 Å². The lowest BCUT2D eigenvalue weighted by molar-refractivity contribution is 0.0286. The summed E-state index contributed by atoms with van der Waals surface area (Å²) in [4.78, 5) is 0. The Kier molecular flexibility index (Phi) is 32.6. The van der Waals surface area contributed by atoms with Crippen LogP contribution in [-0.2, 0) is 0 Å². The zero-order chi connectivity index (χ0) is 62.9. The molecule has 0 N–H and O–H groups in total. The van der Waals surface area contributed by atoms with Crippen molar-refractivity contribution in [3.63, 3.8) is 0 Å². The number of hydrogen-bond acceptors (Lipinski definition) is 0. The van der Waals surface area contributed by atoms with Gasteiger partial charge in [0, 0.05) is 0 Å². The van der Waals surface area contributed by atoms with E-state index in [0.717, 1.165) is 94.2 Å². The molecule has 10 rings (SSSR count). The quantitative estimate of drug-likeness (QED) is 0.264. The molecule has 0 aromatic rings. The summed E-state index contributed by atoms with van der Waals surface area (Å²) in [7, 11) is 0. The minimum absolute atomic E-state index is 0.571. The number of hydrogen-bond donors (Lipinski definition) is 0. The van der Waals surface area contributed by atoms with Gasteiger partial charge in [-0.2, -0.15) is 0 Å². The first kappa shape index (κ1) is 78.1. The van der Waals surface area contributed by atoms with Crippen LogP contribution in [0.1, 0.15) is 393 Å². The predicted molar refractivity (Wildman–Crippen MR) is 375 cm³/mol. The fourth-order valence-corrected chi connectivity index (χ4v) is 17.9. The third kappa shape index (κ3) is 28.2. The van der Waals surface area contributed by atoms with Gasteiger partial charge >= 0.3 is 0 Å². The fraction of sp³-hybridized carbons (Fsp3) is 1.00. The average Bonchev–Trinajstić information content (AvgIpc) is 3.81. The summed E-state index contributed by atoms with van der Waals surface area (Å²) in [6, 6.07) is 0. The maximum atomic E-state index is 2.48. The van der Waals surface area contributed by atoms with Gasteiger partial charge in [0.05, 0.1) is 0 Å². The van der Waals surface area contributed by atoms with Crippen LogP contribution >= 0.6 is 0 Å². The summed E-state index contributed by atoms with van der Waals surface area (Å²) in [5.41, 5.74) is 4.97. The van der Waals surface area contributed by atoms with E-state index < -0.39 is 0 Å². The SMILES string of the molecule is CC(C)(C)C1CCC1.CC1C(C)(C)CCCC1(C)C.CC1CC(C(C)C)C1.CC1CC(C)(C)CC(C)(C)C1.CC1CCC(C)(C)CC1.CC1CCCC(C)C1C.CCC(C)C1CCC1.C[C@@H]1CCCCC1(C)C.C[C@H]1CC2CCC1(C)C2. The van der Waals surface area contributed by atoms with Gasteiger partial charge in [-0.15, -0.1) is 0 Å². The van der Waals surface area contributed by atoms with Crippen LogP contribution < -0.4 is 0 Å². The second-order valence-electron chi connectivity index (χ2n) is 38.8. The van der Waals surface area contributed by atoms with E-state index in [0.29, 0.717) is 37.9 Å². The average molecular weight is 1150 g/mol. The molecule has 0 radical (unpaired) electrons. The molecule has 0 spiro atoms. The first-order chi connectivity index (χ1) is 37.5. The van der Waals surface area contributed by atoms with Crippen LogP contribution in [0.5, 0.6) is 0 Å². The Balaban J connectivity index is 0.000000316. The third-order valence-corrected chi connectivity index (χ3v) is 26.6. The molecule has 10 saturated carbocycles. The third-order valence-electron chi connectivity index (χ3n) is 26.6. The van der Waals surface area contributed by atoms with Gasteiger partial charge < -0.3 is 0 Å². The Hall–Kier alpha value is 0. The van der Waals surface area contributed by atoms with Crippen LogP contribution in [0.25, 0.3) is 0 Å². The molecule has 2 bridgehead atoms. The Morgan fingerprint density at radius 2 is 0.878 bits per heavy atom. The monoisotopic (exact) mass is 1150 g/mol. The first-order valence-electron chi connectivity index (χ1n) is 37.5. The molecule has 0 aromatic heterocycles. The van der Waals surface area contributed by atoms with E-state index >= 15 is 0 Å². The molecule has 490 valence electrons. The number of rotatable bonds is 3. The highest BCUT2D eigenvalue weighted by atomic mass is 14.5. The minimum atomic E-state index is 0.571. The van der Waals surface area contributed by atoms with Gasteiger partial charge in [-0.05, 0) is 235 Å². The lowest BCUT2D eigenvalue weighted by atomic mass is 9.58. The molecular weight excluding hydrogens is 985 g/mol. The van der Waals surface area contributed by atoms with Crippen LogP contribution in [0.2, 0.25) is 0 Å². The van der Waals surface area contributed by atoms with Gasteiger partial charge in [0.1, 0.15) is 0 Å². The van der Waals surface area contributed by atoms with Crippen molar-refractivity contribution in [2.24, 2.45) is 132 Å². The summed E-state index contributed by atoms with van der Waals surface area (Å²) in [6.45, 7) is 69.2. The van der Waals surface area contributed by atoms with Crippen LogP contribution in [0.15, 0.2) is 0 Å². The van der Waals surface area contributed by atoms with Gasteiger partial charge in [-0.3, -0.25) is 0 Å². The van der Waals surface area contributed by atoms with Gasteiger partial charge in [0.2, 0.25) is 0 Å². The lowest BCUT2D eigenvalue weighted by Gasteiger charge is -2.47. The molecule has 0 amide bonds. The van der Waals surface area contributed by atoms with Crippen molar-refractivity contribution >= 4 is 0 Å². The Morgan fingerprint density at radius 3 is 1.11 bits per heavy atom.